The van der Waals surface area contributed by atoms with Crippen LogP contribution in [0.2, 0.25) is 0 Å². The second-order valence-corrected chi connectivity index (χ2v) is 16.1. The molecule has 2 atom stereocenters. The van der Waals surface area contributed by atoms with E-state index >= 15 is 0 Å². The average Bonchev–Trinajstić information content (AvgIpc) is 3.11. The lowest BCUT2D eigenvalue weighted by atomic mass is 10.1. The highest BCUT2D eigenvalue weighted by Crippen LogP contribution is 2.43. The molecule has 0 aliphatic heterocycles. The maximum Gasteiger partial charge on any atom is 0.472 e. The fraction of sp³-hybridized carbons (Fsp3) is 0.705. The summed E-state index contributed by atoms with van der Waals surface area (Å²) in [6.45, 7) is 4.72. The van der Waals surface area contributed by atoms with Crippen molar-refractivity contribution in [1.82, 2.24) is 0 Å². The number of allylic oxidation sites excluding steroid dienone is 11. The van der Waals surface area contributed by atoms with E-state index in [0.717, 1.165) is 51.4 Å². The Morgan fingerprint density at radius 3 is 1.68 bits per heavy atom. The quantitative estimate of drug-likeness (QED) is 0.0168. The number of rotatable bonds is 37. The molecule has 53 heavy (non-hydrogen) atoms. The molecule has 0 aliphatic rings. The number of carbonyl (C=O) groups excluding carboxylic acids is 1. The van der Waals surface area contributed by atoms with Crippen LogP contribution >= 0.6 is 7.82 Å². The van der Waals surface area contributed by atoms with Gasteiger partial charge in [0.1, 0.15) is 19.8 Å². The van der Waals surface area contributed by atoms with E-state index in [2.05, 4.69) is 74.6 Å². The van der Waals surface area contributed by atoms with E-state index in [1.165, 1.54) is 70.6 Å². The number of hydrogen-bond acceptors (Lipinski definition) is 6. The van der Waals surface area contributed by atoms with Crippen LogP contribution < -0.4 is 0 Å². The summed E-state index contributed by atoms with van der Waals surface area (Å²) < 4.78 is 34.6. The lowest BCUT2D eigenvalue weighted by Crippen LogP contribution is -2.37. The second-order valence-electron chi connectivity index (χ2n) is 14.7. The molecular weight excluding hydrogens is 685 g/mol. The van der Waals surface area contributed by atoms with Gasteiger partial charge in [-0.2, -0.15) is 0 Å². The summed E-state index contributed by atoms with van der Waals surface area (Å²) in [6.07, 6.45) is 47.5. The molecule has 0 heterocycles. The number of likely N-dealkylation sites (N-methyl/N-ethyl adjacent to an activating group) is 1. The number of nitrogens with zero attached hydrogens (tertiary/aromatic N) is 1. The zero-order valence-corrected chi connectivity index (χ0v) is 35.4. The predicted molar refractivity (Wildman–Crippen MR) is 224 cm³/mol. The van der Waals surface area contributed by atoms with Crippen molar-refractivity contribution in [1.29, 1.82) is 0 Å². The van der Waals surface area contributed by atoms with Gasteiger partial charge in [-0.3, -0.25) is 13.8 Å². The number of hydrogen-bond donors (Lipinski definition) is 1. The monoisotopic (exact) mass is 765 g/mol. The second kappa shape index (κ2) is 36.7. The van der Waals surface area contributed by atoms with Gasteiger partial charge in [0.25, 0.3) is 0 Å². The van der Waals surface area contributed by atoms with Crippen LogP contribution in [0.4, 0.5) is 0 Å². The van der Waals surface area contributed by atoms with Crippen molar-refractivity contribution in [3.8, 4) is 0 Å². The van der Waals surface area contributed by atoms with E-state index in [-0.39, 0.29) is 32.2 Å². The van der Waals surface area contributed by atoms with Gasteiger partial charge >= 0.3 is 13.8 Å². The molecule has 8 nitrogen and oxygen atoms in total. The molecule has 0 aromatic rings. The van der Waals surface area contributed by atoms with Crippen molar-refractivity contribution >= 4 is 13.8 Å². The van der Waals surface area contributed by atoms with Gasteiger partial charge in [-0.1, -0.05) is 120 Å². The van der Waals surface area contributed by atoms with Crippen molar-refractivity contribution in [3.63, 3.8) is 0 Å². The zero-order chi connectivity index (χ0) is 39.1. The highest BCUT2D eigenvalue weighted by Gasteiger charge is 2.26. The molecule has 306 valence electrons. The van der Waals surface area contributed by atoms with E-state index in [1.54, 1.807) is 6.26 Å². The maximum absolute atomic E-state index is 12.6. The van der Waals surface area contributed by atoms with Gasteiger partial charge in [-0.15, -0.1) is 0 Å². The normalized spacial score (nSPS) is 14.5. The van der Waals surface area contributed by atoms with E-state index in [9.17, 15) is 14.3 Å². The number of carbonyl (C=O) groups is 1. The van der Waals surface area contributed by atoms with Crippen LogP contribution in [-0.2, 0) is 27.9 Å². The third-order valence-corrected chi connectivity index (χ3v) is 9.30. The number of phosphoric ester groups is 1. The summed E-state index contributed by atoms with van der Waals surface area (Å²) in [5, 5.41) is 0. The van der Waals surface area contributed by atoms with Crippen molar-refractivity contribution in [3.05, 3.63) is 73.1 Å². The van der Waals surface area contributed by atoms with Gasteiger partial charge in [-0.25, -0.2) is 4.57 Å². The lowest BCUT2D eigenvalue weighted by molar-refractivity contribution is -0.870. The Hall–Kier alpha value is -2.22. The first-order valence-electron chi connectivity index (χ1n) is 20.7. The average molecular weight is 765 g/mol. The Morgan fingerprint density at radius 2 is 1.11 bits per heavy atom. The summed E-state index contributed by atoms with van der Waals surface area (Å²) in [5.74, 6) is -0.381. The van der Waals surface area contributed by atoms with Crippen LogP contribution in [0.1, 0.15) is 149 Å². The minimum atomic E-state index is -4.30. The Kier molecular flexibility index (Phi) is 35.2. The zero-order valence-electron chi connectivity index (χ0n) is 34.5. The lowest BCUT2D eigenvalue weighted by Gasteiger charge is -2.24. The molecule has 1 unspecified atom stereocenters. The fourth-order valence-electron chi connectivity index (χ4n) is 5.09. The van der Waals surface area contributed by atoms with Gasteiger partial charge in [0.2, 0.25) is 0 Å². The number of quaternary nitrogens is 1. The van der Waals surface area contributed by atoms with Crippen molar-refractivity contribution in [2.24, 2.45) is 0 Å². The molecule has 0 rings (SSSR count). The van der Waals surface area contributed by atoms with Gasteiger partial charge in [-0.05, 0) is 89.5 Å². The van der Waals surface area contributed by atoms with Crippen LogP contribution in [-0.4, -0.2) is 69.0 Å². The summed E-state index contributed by atoms with van der Waals surface area (Å²) in [7, 11) is 1.59. The summed E-state index contributed by atoms with van der Waals surface area (Å²) in [4.78, 5) is 22.8. The van der Waals surface area contributed by atoms with Crippen LogP contribution in [0, 0.1) is 0 Å². The SMILES string of the molecule is CC/C=C\C/C=C\C/C=C\C/C=C\CCCCC(=O)O[C@H](CO/C=C\CCCCCCCC/C=C\CCCCCC)COP(=O)(O)OCC[N+](C)(C)C. The molecule has 0 aliphatic carbocycles. The van der Waals surface area contributed by atoms with Gasteiger partial charge in [0.05, 0.1) is 34.0 Å². The number of esters is 1. The maximum atomic E-state index is 12.6. The largest absolute Gasteiger partial charge is 0.498 e. The predicted octanol–water partition coefficient (Wildman–Crippen LogP) is 12.3. The molecule has 0 aromatic carbocycles. The van der Waals surface area contributed by atoms with Gasteiger partial charge in [0, 0.05) is 6.42 Å². The molecule has 0 amide bonds. The standard InChI is InChI=1S/C44H78NO7P/c1-6-8-10-12-14-16-18-20-22-24-26-28-30-32-34-36-39-49-41-43(42-51-53(47,48)50-40-38-45(3,4)5)52-44(46)37-35-33-31-29-27-25-23-21-19-17-15-13-11-9-7-2/h9,11,15-18,21,23,27,29,36,39,43H,6-8,10,12-14,19-20,22,24-26,28,30-35,37-38,40-42H2,1-5H3/p+1/b11-9-,17-15-,18-16-,23-21-,29-27-,39-36-/t43-/m1/s1. The van der Waals surface area contributed by atoms with E-state index in [0.29, 0.717) is 17.4 Å². The Morgan fingerprint density at radius 1 is 0.623 bits per heavy atom. The van der Waals surface area contributed by atoms with Crippen molar-refractivity contribution < 1.29 is 37.3 Å². The van der Waals surface area contributed by atoms with E-state index in [4.69, 9.17) is 18.5 Å². The molecular formula is C44H79NO7P+. The molecule has 0 spiro atoms. The van der Waals surface area contributed by atoms with Gasteiger partial charge < -0.3 is 18.9 Å². The minimum Gasteiger partial charge on any atom is -0.498 e. The molecule has 0 fully saturated rings. The van der Waals surface area contributed by atoms with Crippen molar-refractivity contribution in [2.75, 3.05) is 47.5 Å². The molecule has 0 bridgehead atoms. The highest BCUT2D eigenvalue weighted by molar-refractivity contribution is 7.47. The molecule has 9 heteroatoms. The minimum absolute atomic E-state index is 0.0241. The first-order valence-corrected chi connectivity index (χ1v) is 22.2. The summed E-state index contributed by atoms with van der Waals surface area (Å²) >= 11 is 0. The Labute approximate surface area is 325 Å². The Bertz CT molecular complexity index is 1070. The van der Waals surface area contributed by atoms with Crippen LogP contribution in [0.3, 0.4) is 0 Å². The molecule has 0 saturated heterocycles. The van der Waals surface area contributed by atoms with E-state index in [1.807, 2.05) is 27.2 Å². The molecule has 0 aromatic heterocycles. The van der Waals surface area contributed by atoms with Crippen LogP contribution in [0.15, 0.2) is 73.1 Å². The van der Waals surface area contributed by atoms with Crippen LogP contribution in [0.5, 0.6) is 0 Å². The van der Waals surface area contributed by atoms with Crippen molar-refractivity contribution in [2.45, 2.75) is 155 Å². The first-order chi connectivity index (χ1) is 25.6. The molecule has 0 radical (unpaired) electrons. The van der Waals surface area contributed by atoms with Crippen LogP contribution in [0.25, 0.3) is 0 Å². The fourth-order valence-corrected chi connectivity index (χ4v) is 5.83. The van der Waals surface area contributed by atoms with Gasteiger partial charge in [0.15, 0.2) is 6.10 Å². The topological polar surface area (TPSA) is 91.3 Å². The smallest absolute Gasteiger partial charge is 0.472 e. The first kappa shape index (κ1) is 50.8. The number of unbranched alkanes of at least 4 members (excludes halogenated alkanes) is 13. The highest BCUT2D eigenvalue weighted by atomic mass is 31.2. The summed E-state index contributed by atoms with van der Waals surface area (Å²) in [6, 6.07) is 0. The summed E-state index contributed by atoms with van der Waals surface area (Å²) in [5.41, 5.74) is 0. The number of phosphoric acid groups is 1. The van der Waals surface area contributed by atoms with E-state index < -0.39 is 13.9 Å². The molecule has 0 saturated carbocycles. The molecule has 1 N–H and O–H groups in total. The Balaban J connectivity index is 4.42. The number of ether oxygens (including phenoxy) is 2. The third-order valence-electron chi connectivity index (χ3n) is 8.32. The third kappa shape index (κ3) is 40.8.